The van der Waals surface area contributed by atoms with Crippen molar-refractivity contribution in [2.24, 2.45) is 0 Å². The van der Waals surface area contributed by atoms with Crippen LogP contribution in [-0.2, 0) is 10.0 Å². The van der Waals surface area contributed by atoms with Gasteiger partial charge in [-0.15, -0.1) is 0 Å². The summed E-state index contributed by atoms with van der Waals surface area (Å²) in [5, 5.41) is 8.96. The van der Waals surface area contributed by atoms with Crippen LogP contribution in [0.15, 0.2) is 17.0 Å². The minimum absolute atomic E-state index is 0.00784. The summed E-state index contributed by atoms with van der Waals surface area (Å²) in [6.07, 6.45) is 0.00784. The molecule has 20 heavy (non-hydrogen) atoms. The summed E-state index contributed by atoms with van der Waals surface area (Å²) in [4.78, 5) is 10.7. The lowest BCUT2D eigenvalue weighted by Crippen LogP contribution is -2.26. The maximum atomic E-state index is 12.0. The summed E-state index contributed by atoms with van der Waals surface area (Å²) in [5.74, 6) is -1.70. The number of benzene rings is 1. The van der Waals surface area contributed by atoms with Gasteiger partial charge in [0.1, 0.15) is 10.5 Å². The molecule has 0 saturated heterocycles. The molecule has 0 unspecified atom stereocenters. The molecule has 1 aromatic rings. The van der Waals surface area contributed by atoms with Crippen LogP contribution in [0, 0.1) is 0 Å². The van der Waals surface area contributed by atoms with Gasteiger partial charge in [-0.1, -0.05) is 11.6 Å². The molecule has 1 aromatic carbocycles. The number of ether oxygens (including phenoxy) is 1. The third kappa shape index (κ3) is 3.81. The van der Waals surface area contributed by atoms with E-state index in [1.807, 2.05) is 0 Å². The van der Waals surface area contributed by atoms with Crippen LogP contribution < -0.4 is 9.46 Å². The van der Waals surface area contributed by atoms with E-state index in [0.29, 0.717) is 0 Å². The Hall–Kier alpha value is -1.38. The van der Waals surface area contributed by atoms with Crippen LogP contribution >= 0.6 is 11.6 Å². The van der Waals surface area contributed by atoms with E-state index in [4.69, 9.17) is 21.4 Å². The first-order valence-electron chi connectivity index (χ1n) is 5.50. The zero-order chi connectivity index (χ0) is 15.3. The molecular weight excluding hydrogens is 313 g/mol. The summed E-state index contributed by atoms with van der Waals surface area (Å²) < 4.78 is 43.1. The highest BCUT2D eigenvalue weighted by atomic mass is 35.5. The number of sulfonamides is 1. The molecule has 0 bridgehead atoms. The largest absolute Gasteiger partial charge is 0.494 e. The highest BCUT2D eigenvalue weighted by Gasteiger charge is 2.25. The van der Waals surface area contributed by atoms with Gasteiger partial charge < -0.3 is 9.84 Å². The molecule has 1 rings (SSSR count). The van der Waals surface area contributed by atoms with Crippen molar-refractivity contribution in [3.63, 3.8) is 0 Å². The third-order valence-corrected chi connectivity index (χ3v) is 4.03. The van der Waals surface area contributed by atoms with Crippen molar-refractivity contribution in [2.75, 3.05) is 20.3 Å². The Bertz CT molecular complexity index is 605. The molecule has 0 fully saturated rings. The number of alkyl halides is 1. The van der Waals surface area contributed by atoms with E-state index in [1.54, 1.807) is 0 Å². The number of carboxylic acid groups (broad SMARTS) is 1. The predicted molar refractivity (Wildman–Crippen MR) is 70.7 cm³/mol. The fourth-order valence-corrected chi connectivity index (χ4v) is 3.06. The molecule has 9 heteroatoms. The van der Waals surface area contributed by atoms with Gasteiger partial charge in [-0.05, 0) is 18.6 Å². The Morgan fingerprint density at radius 3 is 2.65 bits per heavy atom. The fourth-order valence-electron chi connectivity index (χ4n) is 1.49. The Morgan fingerprint density at radius 1 is 1.50 bits per heavy atom. The zero-order valence-corrected chi connectivity index (χ0v) is 12.1. The molecule has 2 N–H and O–H groups in total. The highest BCUT2D eigenvalue weighted by molar-refractivity contribution is 7.89. The lowest BCUT2D eigenvalue weighted by molar-refractivity contribution is 0.0693. The molecule has 0 aliphatic rings. The van der Waals surface area contributed by atoms with E-state index in [2.05, 4.69) is 4.72 Å². The first kappa shape index (κ1) is 16.7. The van der Waals surface area contributed by atoms with E-state index in [9.17, 15) is 17.6 Å². The van der Waals surface area contributed by atoms with Gasteiger partial charge >= 0.3 is 5.97 Å². The smallest absolute Gasteiger partial charge is 0.339 e. The second-order valence-corrected chi connectivity index (χ2v) is 5.90. The van der Waals surface area contributed by atoms with Gasteiger partial charge in [0.2, 0.25) is 10.0 Å². The van der Waals surface area contributed by atoms with E-state index in [0.717, 1.165) is 19.2 Å². The SMILES string of the molecule is COc1c(C(=O)O)cc(Cl)cc1S(=O)(=O)NCCCF. The normalized spacial score (nSPS) is 11.3. The van der Waals surface area contributed by atoms with E-state index < -0.39 is 27.6 Å². The van der Waals surface area contributed by atoms with Gasteiger partial charge in [0.05, 0.1) is 13.8 Å². The Kier molecular flexibility index (Phi) is 5.73. The molecule has 0 aliphatic carbocycles. The number of hydrogen-bond donors (Lipinski definition) is 2. The molecule has 112 valence electrons. The molecule has 0 aliphatic heterocycles. The van der Waals surface area contributed by atoms with Crippen LogP contribution in [0.1, 0.15) is 16.8 Å². The summed E-state index contributed by atoms with van der Waals surface area (Å²) in [6.45, 7) is -0.785. The average molecular weight is 326 g/mol. The standard InChI is InChI=1S/C11H13ClFNO5S/c1-19-10-8(11(15)16)5-7(12)6-9(10)20(17,18)14-4-2-3-13/h5-6,14H,2-4H2,1H3,(H,15,16). The number of rotatable bonds is 7. The van der Waals surface area contributed by atoms with Crippen molar-refractivity contribution in [1.82, 2.24) is 4.72 Å². The summed E-state index contributed by atoms with van der Waals surface area (Å²) in [5.41, 5.74) is -0.370. The predicted octanol–water partition coefficient (Wildman–Crippen LogP) is 1.68. The van der Waals surface area contributed by atoms with Crippen molar-refractivity contribution < 1.29 is 27.4 Å². The van der Waals surface area contributed by atoms with Crippen LogP contribution in [-0.4, -0.2) is 39.8 Å². The Balaban J connectivity index is 3.33. The minimum Gasteiger partial charge on any atom is -0.494 e. The molecule has 0 heterocycles. The van der Waals surface area contributed by atoms with Crippen molar-refractivity contribution in [3.8, 4) is 5.75 Å². The van der Waals surface area contributed by atoms with Crippen molar-refractivity contribution >= 4 is 27.6 Å². The number of carbonyl (C=O) groups is 1. The number of carboxylic acids is 1. The van der Waals surface area contributed by atoms with Crippen LogP contribution in [0.3, 0.4) is 0 Å². The Morgan fingerprint density at radius 2 is 2.15 bits per heavy atom. The maximum absolute atomic E-state index is 12.0. The number of nitrogens with one attached hydrogen (secondary N) is 1. The quantitative estimate of drug-likeness (QED) is 0.744. The molecular formula is C11H13ClFNO5S. The molecule has 0 spiro atoms. The lowest BCUT2D eigenvalue weighted by Gasteiger charge is -2.13. The van der Waals surface area contributed by atoms with Crippen LogP contribution in [0.4, 0.5) is 4.39 Å². The number of hydrogen-bond acceptors (Lipinski definition) is 4. The number of aromatic carboxylic acids is 1. The fraction of sp³-hybridized carbons (Fsp3) is 0.364. The summed E-state index contributed by atoms with van der Waals surface area (Å²) in [6, 6.07) is 2.16. The van der Waals surface area contributed by atoms with Crippen molar-refractivity contribution in [3.05, 3.63) is 22.7 Å². The van der Waals surface area contributed by atoms with Gasteiger partial charge in [-0.25, -0.2) is 17.9 Å². The average Bonchev–Trinajstić information content (AvgIpc) is 2.37. The molecule has 0 saturated carbocycles. The van der Waals surface area contributed by atoms with Gasteiger partial charge in [0.15, 0.2) is 5.75 Å². The number of methoxy groups -OCH3 is 1. The number of halogens is 2. The second kappa shape index (κ2) is 6.87. The molecule has 0 amide bonds. The van der Waals surface area contributed by atoms with E-state index >= 15 is 0 Å². The zero-order valence-electron chi connectivity index (χ0n) is 10.5. The van der Waals surface area contributed by atoms with Crippen LogP contribution in [0.25, 0.3) is 0 Å². The maximum Gasteiger partial charge on any atom is 0.339 e. The Labute approximate surface area is 120 Å². The van der Waals surface area contributed by atoms with Crippen molar-refractivity contribution in [1.29, 1.82) is 0 Å². The minimum atomic E-state index is -4.04. The van der Waals surface area contributed by atoms with Crippen LogP contribution in [0.2, 0.25) is 5.02 Å². The van der Waals surface area contributed by atoms with Gasteiger partial charge in [0.25, 0.3) is 0 Å². The molecule has 0 radical (unpaired) electrons. The van der Waals surface area contributed by atoms with Gasteiger partial charge in [-0.3, -0.25) is 4.39 Å². The first-order valence-corrected chi connectivity index (χ1v) is 7.36. The van der Waals surface area contributed by atoms with Gasteiger partial charge in [-0.2, -0.15) is 0 Å². The van der Waals surface area contributed by atoms with Crippen molar-refractivity contribution in [2.45, 2.75) is 11.3 Å². The topological polar surface area (TPSA) is 92.7 Å². The summed E-state index contributed by atoms with van der Waals surface area (Å²) in [7, 11) is -2.89. The highest BCUT2D eigenvalue weighted by Crippen LogP contribution is 2.31. The lowest BCUT2D eigenvalue weighted by atomic mass is 10.2. The van der Waals surface area contributed by atoms with Crippen LogP contribution in [0.5, 0.6) is 5.75 Å². The van der Waals surface area contributed by atoms with Gasteiger partial charge in [0, 0.05) is 11.6 Å². The van der Waals surface area contributed by atoms with E-state index in [-0.39, 0.29) is 29.3 Å². The summed E-state index contributed by atoms with van der Waals surface area (Å²) >= 11 is 5.72. The monoisotopic (exact) mass is 325 g/mol. The second-order valence-electron chi connectivity index (χ2n) is 3.73. The van der Waals surface area contributed by atoms with E-state index in [1.165, 1.54) is 0 Å². The molecule has 6 nitrogen and oxygen atoms in total. The first-order chi connectivity index (χ1) is 9.33. The molecule has 0 atom stereocenters. The molecule has 0 aromatic heterocycles. The third-order valence-electron chi connectivity index (χ3n) is 2.35.